The van der Waals surface area contributed by atoms with E-state index in [9.17, 15) is 15.0 Å². The lowest BCUT2D eigenvalue weighted by Crippen LogP contribution is -2.05. The highest BCUT2D eigenvalue weighted by molar-refractivity contribution is 5.87. The molecule has 19 heavy (non-hydrogen) atoms. The van der Waals surface area contributed by atoms with Crippen LogP contribution in [-0.2, 0) is 0 Å². The van der Waals surface area contributed by atoms with Gasteiger partial charge in [-0.15, -0.1) is 10.2 Å². The zero-order valence-electron chi connectivity index (χ0n) is 9.69. The lowest BCUT2D eigenvalue weighted by molar-refractivity contribution is 0.0689. The van der Waals surface area contributed by atoms with Crippen LogP contribution in [0, 0.1) is 0 Å². The first-order valence-corrected chi connectivity index (χ1v) is 5.54. The highest BCUT2D eigenvalue weighted by Gasteiger charge is 2.16. The van der Waals surface area contributed by atoms with Crippen LogP contribution in [0.1, 0.15) is 10.5 Å². The van der Waals surface area contributed by atoms with Gasteiger partial charge in [0, 0.05) is 0 Å². The molecule has 0 aliphatic rings. The molecule has 0 fully saturated rings. The van der Waals surface area contributed by atoms with Gasteiger partial charge in [-0.2, -0.15) is 0 Å². The van der Waals surface area contributed by atoms with E-state index in [1.165, 1.54) is 16.5 Å². The van der Waals surface area contributed by atoms with Gasteiger partial charge in [0.2, 0.25) is 0 Å². The Bertz CT molecular complexity index is 780. The van der Waals surface area contributed by atoms with Crippen LogP contribution < -0.4 is 0 Å². The van der Waals surface area contributed by atoms with Gasteiger partial charge in [-0.3, -0.25) is 4.40 Å². The Morgan fingerprint density at radius 3 is 2.58 bits per heavy atom. The van der Waals surface area contributed by atoms with Gasteiger partial charge in [0.05, 0.1) is 5.56 Å². The summed E-state index contributed by atoms with van der Waals surface area (Å²) in [6.45, 7) is 0. The van der Waals surface area contributed by atoms with E-state index in [1.807, 2.05) is 0 Å². The van der Waals surface area contributed by atoms with Gasteiger partial charge in [-0.05, 0) is 24.3 Å². The maximum atomic E-state index is 11.2. The number of para-hydroxylation sites is 1. The van der Waals surface area contributed by atoms with Crippen LogP contribution in [0.25, 0.3) is 17.0 Å². The molecule has 0 amide bonds. The van der Waals surface area contributed by atoms with Gasteiger partial charge in [0.25, 0.3) is 0 Å². The molecule has 2 aromatic heterocycles. The van der Waals surface area contributed by atoms with Crippen molar-refractivity contribution in [3.05, 3.63) is 48.2 Å². The average Bonchev–Trinajstić information content (AvgIpc) is 2.82. The summed E-state index contributed by atoms with van der Waals surface area (Å²) in [4.78, 5) is 11.2. The number of aromatic carboxylic acids is 1. The maximum Gasteiger partial charge on any atom is 0.352 e. The van der Waals surface area contributed by atoms with E-state index in [2.05, 4.69) is 10.2 Å². The molecule has 0 aliphatic carbocycles. The number of fused-ring (bicyclic) bond motifs is 1. The third kappa shape index (κ3) is 1.70. The summed E-state index contributed by atoms with van der Waals surface area (Å²) >= 11 is 0. The van der Waals surface area contributed by atoms with Crippen molar-refractivity contribution in [1.82, 2.24) is 14.6 Å². The van der Waals surface area contributed by atoms with Gasteiger partial charge in [0.1, 0.15) is 11.4 Å². The number of pyridine rings is 1. The lowest BCUT2D eigenvalue weighted by atomic mass is 10.2. The van der Waals surface area contributed by atoms with Crippen LogP contribution in [0.15, 0.2) is 42.5 Å². The summed E-state index contributed by atoms with van der Waals surface area (Å²) in [5.74, 6) is -0.759. The van der Waals surface area contributed by atoms with Crippen LogP contribution in [0.2, 0.25) is 0 Å². The number of hydrogen-bond acceptors (Lipinski definition) is 4. The number of hydrogen-bond donors (Lipinski definition) is 2. The van der Waals surface area contributed by atoms with Crippen molar-refractivity contribution in [1.29, 1.82) is 0 Å². The van der Waals surface area contributed by atoms with Crippen LogP contribution in [0.4, 0.5) is 0 Å². The Morgan fingerprint density at radius 1 is 1.05 bits per heavy atom. The average molecular weight is 255 g/mol. The number of phenolic OH excluding ortho intramolecular Hbond substituents is 1. The van der Waals surface area contributed by atoms with Crippen molar-refractivity contribution < 1.29 is 15.0 Å². The molecular weight excluding hydrogens is 246 g/mol. The molecule has 0 radical (unpaired) electrons. The largest absolute Gasteiger partial charge is 0.507 e. The second kappa shape index (κ2) is 4.09. The first-order chi connectivity index (χ1) is 9.18. The fourth-order valence-corrected chi connectivity index (χ4v) is 1.95. The summed E-state index contributed by atoms with van der Waals surface area (Å²) in [5.41, 5.74) is 0.891. The third-order valence-corrected chi connectivity index (χ3v) is 2.79. The van der Waals surface area contributed by atoms with Gasteiger partial charge in [-0.25, -0.2) is 4.79 Å². The molecule has 6 heteroatoms. The number of benzene rings is 1. The number of aromatic nitrogens is 3. The van der Waals surface area contributed by atoms with E-state index < -0.39 is 5.97 Å². The zero-order chi connectivity index (χ0) is 13.4. The fraction of sp³-hybridized carbons (Fsp3) is 0. The summed E-state index contributed by atoms with van der Waals surface area (Å²) < 4.78 is 1.40. The van der Waals surface area contributed by atoms with Crippen molar-refractivity contribution in [3.8, 4) is 17.1 Å². The van der Waals surface area contributed by atoms with E-state index in [1.54, 1.807) is 30.3 Å². The number of phenols is 1. The Hall–Kier alpha value is -2.89. The lowest BCUT2D eigenvalue weighted by Gasteiger charge is -2.05. The molecule has 2 heterocycles. The zero-order valence-corrected chi connectivity index (χ0v) is 9.69. The molecule has 6 nitrogen and oxygen atoms in total. The maximum absolute atomic E-state index is 11.2. The van der Waals surface area contributed by atoms with Crippen LogP contribution >= 0.6 is 0 Å². The molecule has 0 unspecified atom stereocenters. The summed E-state index contributed by atoms with van der Waals surface area (Å²) in [6, 6.07) is 11.3. The van der Waals surface area contributed by atoms with E-state index in [0.29, 0.717) is 17.0 Å². The Kier molecular flexibility index (Phi) is 2.42. The van der Waals surface area contributed by atoms with Crippen LogP contribution in [0.5, 0.6) is 5.75 Å². The number of nitrogens with zero attached hydrogens (tertiary/aromatic N) is 3. The molecule has 0 aliphatic heterocycles. The predicted octanol–water partition coefficient (Wildman–Crippen LogP) is 1.80. The van der Waals surface area contributed by atoms with E-state index in [-0.39, 0.29) is 11.4 Å². The molecule has 94 valence electrons. The summed E-state index contributed by atoms with van der Waals surface area (Å²) in [5, 5.41) is 26.9. The fourth-order valence-electron chi connectivity index (χ4n) is 1.95. The smallest absolute Gasteiger partial charge is 0.352 e. The summed E-state index contributed by atoms with van der Waals surface area (Å²) in [7, 11) is 0. The Balaban J connectivity index is 2.37. The number of aromatic hydroxyl groups is 1. The normalized spacial score (nSPS) is 10.7. The van der Waals surface area contributed by atoms with Crippen LogP contribution in [0.3, 0.4) is 0 Å². The number of carboxylic acids is 1. The van der Waals surface area contributed by atoms with Crippen molar-refractivity contribution >= 4 is 11.6 Å². The van der Waals surface area contributed by atoms with E-state index >= 15 is 0 Å². The quantitative estimate of drug-likeness (QED) is 0.729. The molecular formula is C13H9N3O3. The molecule has 0 saturated carbocycles. The number of carboxylic acid groups (broad SMARTS) is 1. The van der Waals surface area contributed by atoms with Gasteiger partial charge < -0.3 is 10.2 Å². The first kappa shape index (κ1) is 11.2. The first-order valence-electron chi connectivity index (χ1n) is 5.54. The van der Waals surface area contributed by atoms with Crippen LogP contribution in [-0.4, -0.2) is 30.8 Å². The van der Waals surface area contributed by atoms with E-state index in [0.717, 1.165) is 0 Å². The molecule has 2 N–H and O–H groups in total. The van der Waals surface area contributed by atoms with Crippen molar-refractivity contribution in [3.63, 3.8) is 0 Å². The van der Waals surface area contributed by atoms with Gasteiger partial charge in [0.15, 0.2) is 11.5 Å². The molecule has 0 atom stereocenters. The second-order valence-corrected chi connectivity index (χ2v) is 3.95. The molecule has 3 rings (SSSR count). The SMILES string of the molecule is O=C(O)c1cccc2nnc(-c3ccccc3O)n12. The van der Waals surface area contributed by atoms with Gasteiger partial charge in [-0.1, -0.05) is 18.2 Å². The minimum atomic E-state index is -1.08. The topological polar surface area (TPSA) is 87.7 Å². The van der Waals surface area contributed by atoms with E-state index in [4.69, 9.17) is 0 Å². The monoisotopic (exact) mass is 255 g/mol. The second-order valence-electron chi connectivity index (χ2n) is 3.95. The molecule has 0 spiro atoms. The summed E-state index contributed by atoms with van der Waals surface area (Å²) in [6.07, 6.45) is 0. The van der Waals surface area contributed by atoms with Crippen molar-refractivity contribution in [2.24, 2.45) is 0 Å². The standard InChI is InChI=1S/C13H9N3O3/c17-10-6-2-1-4-8(10)12-15-14-11-7-3-5-9(13(18)19)16(11)12/h1-7,17H,(H,18,19). The molecule has 1 aromatic carbocycles. The minimum absolute atomic E-state index is 0.0250. The number of rotatable bonds is 2. The predicted molar refractivity (Wildman–Crippen MR) is 67.0 cm³/mol. The molecule has 3 aromatic rings. The Labute approximate surface area is 107 Å². The minimum Gasteiger partial charge on any atom is -0.507 e. The van der Waals surface area contributed by atoms with Gasteiger partial charge >= 0.3 is 5.97 Å². The van der Waals surface area contributed by atoms with Crippen molar-refractivity contribution in [2.45, 2.75) is 0 Å². The highest BCUT2D eigenvalue weighted by atomic mass is 16.4. The third-order valence-electron chi connectivity index (χ3n) is 2.79. The van der Waals surface area contributed by atoms with Crippen molar-refractivity contribution in [2.75, 3.05) is 0 Å². The Morgan fingerprint density at radius 2 is 1.84 bits per heavy atom. The highest BCUT2D eigenvalue weighted by Crippen LogP contribution is 2.28. The number of carbonyl (C=O) groups is 1. The molecule has 0 saturated heterocycles. The molecule has 0 bridgehead atoms.